The zero-order chi connectivity index (χ0) is 14.5. The van der Waals surface area contributed by atoms with Crippen molar-refractivity contribution in [2.45, 2.75) is 26.8 Å². The second-order valence-electron chi connectivity index (χ2n) is 4.40. The first-order valence-corrected chi connectivity index (χ1v) is 7.38. The largest absolute Gasteiger partial charge is 0.373 e. The van der Waals surface area contributed by atoms with Crippen LogP contribution in [0, 0.1) is 6.92 Å². The first-order valence-electron chi connectivity index (χ1n) is 6.50. The molecule has 0 saturated heterocycles. The SMILES string of the molecule is CCc1cc(C(=O)NCc2nc(C)cs2)cc(NC)n1. The van der Waals surface area contributed by atoms with Gasteiger partial charge in [-0.15, -0.1) is 11.3 Å². The van der Waals surface area contributed by atoms with Crippen molar-refractivity contribution in [2.24, 2.45) is 0 Å². The topological polar surface area (TPSA) is 66.9 Å². The fraction of sp³-hybridized carbons (Fsp3) is 0.357. The van der Waals surface area contributed by atoms with E-state index in [4.69, 9.17) is 0 Å². The Morgan fingerprint density at radius 1 is 1.35 bits per heavy atom. The van der Waals surface area contributed by atoms with Crippen LogP contribution in [0.3, 0.4) is 0 Å². The predicted molar refractivity (Wildman–Crippen MR) is 81.2 cm³/mol. The van der Waals surface area contributed by atoms with Crippen molar-refractivity contribution < 1.29 is 4.79 Å². The van der Waals surface area contributed by atoms with E-state index in [1.165, 1.54) is 0 Å². The summed E-state index contributed by atoms with van der Waals surface area (Å²) in [6.45, 7) is 4.41. The minimum absolute atomic E-state index is 0.105. The molecule has 2 N–H and O–H groups in total. The summed E-state index contributed by atoms with van der Waals surface area (Å²) < 4.78 is 0. The maximum atomic E-state index is 12.2. The van der Waals surface area contributed by atoms with Gasteiger partial charge in [0.05, 0.1) is 6.54 Å². The summed E-state index contributed by atoms with van der Waals surface area (Å²) in [5.74, 6) is 0.603. The number of pyridine rings is 1. The molecule has 0 fully saturated rings. The molecule has 2 aromatic rings. The van der Waals surface area contributed by atoms with Crippen molar-refractivity contribution in [3.63, 3.8) is 0 Å². The molecule has 0 saturated carbocycles. The minimum atomic E-state index is -0.105. The van der Waals surface area contributed by atoms with E-state index >= 15 is 0 Å². The number of aryl methyl sites for hydroxylation is 2. The van der Waals surface area contributed by atoms with E-state index < -0.39 is 0 Å². The molecule has 6 heteroatoms. The monoisotopic (exact) mass is 290 g/mol. The van der Waals surface area contributed by atoms with Crippen LogP contribution in [-0.2, 0) is 13.0 Å². The highest BCUT2D eigenvalue weighted by molar-refractivity contribution is 7.09. The van der Waals surface area contributed by atoms with E-state index in [2.05, 4.69) is 20.6 Å². The van der Waals surface area contributed by atoms with Crippen LogP contribution >= 0.6 is 11.3 Å². The highest BCUT2D eigenvalue weighted by Gasteiger charge is 2.09. The second kappa shape index (κ2) is 6.47. The molecular weight excluding hydrogens is 272 g/mol. The number of aromatic nitrogens is 2. The van der Waals surface area contributed by atoms with Gasteiger partial charge < -0.3 is 10.6 Å². The van der Waals surface area contributed by atoms with Gasteiger partial charge in [0.25, 0.3) is 5.91 Å². The second-order valence-corrected chi connectivity index (χ2v) is 5.34. The number of hydrogen-bond donors (Lipinski definition) is 2. The molecule has 0 aromatic carbocycles. The van der Waals surface area contributed by atoms with E-state index in [-0.39, 0.29) is 5.91 Å². The fourth-order valence-electron chi connectivity index (χ4n) is 1.77. The summed E-state index contributed by atoms with van der Waals surface area (Å²) >= 11 is 1.55. The number of rotatable bonds is 5. The number of carbonyl (C=O) groups is 1. The van der Waals surface area contributed by atoms with Crippen LogP contribution in [0.4, 0.5) is 5.82 Å². The molecule has 0 atom stereocenters. The molecule has 20 heavy (non-hydrogen) atoms. The van der Waals surface area contributed by atoms with Crippen molar-refractivity contribution in [1.29, 1.82) is 0 Å². The summed E-state index contributed by atoms with van der Waals surface area (Å²) in [6.07, 6.45) is 0.793. The van der Waals surface area contributed by atoms with E-state index in [9.17, 15) is 4.79 Å². The molecular formula is C14H18N4OS. The Labute approximate surface area is 122 Å². The molecule has 0 aliphatic carbocycles. The van der Waals surface area contributed by atoms with Gasteiger partial charge in [0.15, 0.2) is 0 Å². The van der Waals surface area contributed by atoms with Gasteiger partial charge in [-0.1, -0.05) is 6.92 Å². The molecule has 0 aliphatic rings. The molecule has 2 rings (SSSR count). The Balaban J connectivity index is 2.08. The number of nitrogens with zero attached hydrogens (tertiary/aromatic N) is 2. The summed E-state index contributed by atoms with van der Waals surface area (Å²) in [4.78, 5) is 20.9. The molecule has 0 bridgehead atoms. The van der Waals surface area contributed by atoms with Crippen LogP contribution < -0.4 is 10.6 Å². The third-order valence-corrected chi connectivity index (χ3v) is 3.79. The minimum Gasteiger partial charge on any atom is -0.373 e. The number of carbonyl (C=O) groups excluding carboxylic acids is 1. The van der Waals surface area contributed by atoms with Crippen molar-refractivity contribution in [3.8, 4) is 0 Å². The molecule has 2 heterocycles. The number of thiazole rings is 1. The molecule has 0 unspecified atom stereocenters. The number of nitrogens with one attached hydrogen (secondary N) is 2. The van der Waals surface area contributed by atoms with Crippen LogP contribution in [0.15, 0.2) is 17.5 Å². The highest BCUT2D eigenvalue weighted by atomic mass is 32.1. The van der Waals surface area contributed by atoms with Crippen LogP contribution in [0.1, 0.15) is 33.7 Å². The third-order valence-electron chi connectivity index (χ3n) is 2.83. The average molecular weight is 290 g/mol. The number of amides is 1. The van der Waals surface area contributed by atoms with Gasteiger partial charge in [0.1, 0.15) is 10.8 Å². The van der Waals surface area contributed by atoms with Crippen molar-refractivity contribution in [1.82, 2.24) is 15.3 Å². The van der Waals surface area contributed by atoms with Crippen LogP contribution in [-0.4, -0.2) is 22.9 Å². The molecule has 1 amide bonds. The highest BCUT2D eigenvalue weighted by Crippen LogP contribution is 2.12. The average Bonchev–Trinajstić information content (AvgIpc) is 2.89. The zero-order valence-corrected chi connectivity index (χ0v) is 12.7. The third kappa shape index (κ3) is 3.54. The van der Waals surface area contributed by atoms with Gasteiger partial charge in [-0.05, 0) is 25.5 Å². The van der Waals surface area contributed by atoms with Crippen LogP contribution in [0.25, 0.3) is 0 Å². The maximum absolute atomic E-state index is 12.2. The van der Waals surface area contributed by atoms with Crippen LogP contribution in [0.5, 0.6) is 0 Å². The lowest BCUT2D eigenvalue weighted by Crippen LogP contribution is -2.23. The number of anilines is 1. The summed E-state index contributed by atoms with van der Waals surface area (Å²) in [5, 5.41) is 8.74. The summed E-state index contributed by atoms with van der Waals surface area (Å²) in [7, 11) is 1.79. The predicted octanol–water partition coefficient (Wildman–Crippen LogP) is 2.38. The van der Waals surface area contributed by atoms with Crippen molar-refractivity contribution in [3.05, 3.63) is 39.5 Å². The molecule has 106 valence electrons. The Kier molecular flexibility index (Phi) is 4.68. The smallest absolute Gasteiger partial charge is 0.251 e. The molecule has 2 aromatic heterocycles. The van der Waals surface area contributed by atoms with Gasteiger partial charge in [-0.3, -0.25) is 4.79 Å². The molecule has 5 nitrogen and oxygen atoms in total. The standard InChI is InChI=1S/C14H18N4OS/c1-4-11-5-10(6-12(15-3)18-11)14(19)16-7-13-17-9(2)8-20-13/h5-6,8H,4,7H2,1-3H3,(H,15,18)(H,16,19). The summed E-state index contributed by atoms with van der Waals surface area (Å²) in [5.41, 5.74) is 2.50. The van der Waals surface area contributed by atoms with Gasteiger partial charge in [-0.2, -0.15) is 0 Å². The van der Waals surface area contributed by atoms with E-state index in [0.717, 1.165) is 22.8 Å². The normalized spacial score (nSPS) is 10.3. The first kappa shape index (κ1) is 14.5. The van der Waals surface area contributed by atoms with Gasteiger partial charge in [-0.25, -0.2) is 9.97 Å². The fourth-order valence-corrected chi connectivity index (χ4v) is 2.48. The molecule has 0 spiro atoms. The van der Waals surface area contributed by atoms with Crippen molar-refractivity contribution >= 4 is 23.1 Å². The molecule has 0 aliphatic heterocycles. The van der Waals surface area contributed by atoms with Gasteiger partial charge >= 0.3 is 0 Å². The Hall–Kier alpha value is -1.95. The van der Waals surface area contributed by atoms with E-state index in [0.29, 0.717) is 17.9 Å². The Morgan fingerprint density at radius 3 is 2.75 bits per heavy atom. The number of hydrogen-bond acceptors (Lipinski definition) is 5. The van der Waals surface area contributed by atoms with Crippen molar-refractivity contribution in [2.75, 3.05) is 12.4 Å². The quantitative estimate of drug-likeness (QED) is 0.887. The molecule has 0 radical (unpaired) electrons. The summed E-state index contributed by atoms with van der Waals surface area (Å²) in [6, 6.07) is 3.57. The van der Waals surface area contributed by atoms with Gasteiger partial charge in [0.2, 0.25) is 0 Å². The van der Waals surface area contributed by atoms with Gasteiger partial charge in [0, 0.05) is 29.4 Å². The lowest BCUT2D eigenvalue weighted by Gasteiger charge is -2.08. The van der Waals surface area contributed by atoms with Crippen LogP contribution in [0.2, 0.25) is 0 Å². The zero-order valence-electron chi connectivity index (χ0n) is 11.9. The Morgan fingerprint density at radius 2 is 2.15 bits per heavy atom. The van der Waals surface area contributed by atoms with E-state index in [1.54, 1.807) is 24.5 Å². The lowest BCUT2D eigenvalue weighted by atomic mass is 10.2. The van der Waals surface area contributed by atoms with E-state index in [1.807, 2.05) is 25.3 Å². The lowest BCUT2D eigenvalue weighted by molar-refractivity contribution is 0.0950. The maximum Gasteiger partial charge on any atom is 0.251 e. The first-order chi connectivity index (χ1) is 9.62. The Bertz CT molecular complexity index is 587.